The average molecular weight is 225 g/mol. The van der Waals surface area contributed by atoms with Crippen LogP contribution in [0.1, 0.15) is 18.9 Å². The first-order valence-electron chi connectivity index (χ1n) is 4.76. The van der Waals surface area contributed by atoms with Gasteiger partial charge in [-0.3, -0.25) is 0 Å². The third-order valence-electron chi connectivity index (χ3n) is 2.08. The molecular formula is C11H15NO2S. The fourth-order valence-corrected chi connectivity index (χ4v) is 2.81. The van der Waals surface area contributed by atoms with Gasteiger partial charge in [0, 0.05) is 0 Å². The molecule has 0 saturated carbocycles. The van der Waals surface area contributed by atoms with Crippen LogP contribution in [0.4, 0.5) is 5.69 Å². The summed E-state index contributed by atoms with van der Waals surface area (Å²) in [5.74, 6) is 0.130. The predicted molar refractivity (Wildman–Crippen MR) is 63.3 cm³/mol. The number of hydrogen-bond donors (Lipinski definition) is 1. The molecule has 0 heterocycles. The first kappa shape index (κ1) is 11.8. The number of benzene rings is 1. The largest absolute Gasteiger partial charge is 0.398 e. The second-order valence-corrected chi connectivity index (χ2v) is 5.40. The molecule has 0 aliphatic rings. The zero-order valence-electron chi connectivity index (χ0n) is 8.73. The van der Waals surface area contributed by atoms with Crippen molar-refractivity contribution >= 4 is 21.6 Å². The summed E-state index contributed by atoms with van der Waals surface area (Å²) in [6, 6.07) is 4.86. The zero-order valence-corrected chi connectivity index (χ0v) is 9.55. The lowest BCUT2D eigenvalue weighted by Gasteiger charge is -2.07. The van der Waals surface area contributed by atoms with E-state index in [0.717, 1.165) is 5.56 Å². The minimum atomic E-state index is -3.23. The summed E-state index contributed by atoms with van der Waals surface area (Å²) < 4.78 is 23.5. The molecular weight excluding hydrogens is 210 g/mol. The lowest BCUT2D eigenvalue weighted by atomic mass is 10.2. The average Bonchev–Trinajstić information content (AvgIpc) is 2.17. The highest BCUT2D eigenvalue weighted by Gasteiger charge is 2.16. The van der Waals surface area contributed by atoms with Gasteiger partial charge in [-0.05, 0) is 24.1 Å². The molecule has 0 aliphatic heterocycles. The van der Waals surface area contributed by atoms with E-state index in [2.05, 4.69) is 6.58 Å². The van der Waals surface area contributed by atoms with E-state index in [0.29, 0.717) is 12.1 Å². The molecule has 0 fully saturated rings. The van der Waals surface area contributed by atoms with Crippen molar-refractivity contribution in [2.24, 2.45) is 0 Å². The van der Waals surface area contributed by atoms with Gasteiger partial charge in [0.2, 0.25) is 0 Å². The Morgan fingerprint density at radius 1 is 1.47 bits per heavy atom. The fourth-order valence-electron chi connectivity index (χ4n) is 1.36. The zero-order chi connectivity index (χ0) is 11.5. The number of hydrogen-bond acceptors (Lipinski definition) is 3. The molecule has 0 saturated heterocycles. The van der Waals surface area contributed by atoms with E-state index in [-0.39, 0.29) is 10.6 Å². The SMILES string of the molecule is C=Cc1ccc(S(=O)(=O)CCC)c(N)c1. The molecule has 0 unspecified atom stereocenters. The van der Waals surface area contributed by atoms with E-state index in [4.69, 9.17) is 5.73 Å². The van der Waals surface area contributed by atoms with Crippen molar-refractivity contribution in [3.63, 3.8) is 0 Å². The van der Waals surface area contributed by atoms with Gasteiger partial charge in [0.05, 0.1) is 16.3 Å². The first-order valence-corrected chi connectivity index (χ1v) is 6.41. The summed E-state index contributed by atoms with van der Waals surface area (Å²) in [7, 11) is -3.23. The van der Waals surface area contributed by atoms with Crippen LogP contribution in [0.3, 0.4) is 0 Å². The van der Waals surface area contributed by atoms with Gasteiger partial charge in [-0.15, -0.1) is 0 Å². The van der Waals surface area contributed by atoms with Gasteiger partial charge in [-0.2, -0.15) is 0 Å². The molecule has 1 aromatic rings. The van der Waals surface area contributed by atoms with Gasteiger partial charge >= 0.3 is 0 Å². The van der Waals surface area contributed by atoms with Crippen LogP contribution in [0, 0.1) is 0 Å². The second kappa shape index (κ2) is 4.49. The Morgan fingerprint density at radius 3 is 2.60 bits per heavy atom. The van der Waals surface area contributed by atoms with Crippen LogP contribution in [0.2, 0.25) is 0 Å². The summed E-state index contributed by atoms with van der Waals surface area (Å²) in [4.78, 5) is 0.218. The molecule has 4 heteroatoms. The molecule has 82 valence electrons. The molecule has 1 rings (SSSR count). The molecule has 0 radical (unpaired) electrons. The van der Waals surface area contributed by atoms with Gasteiger partial charge in [-0.25, -0.2) is 8.42 Å². The minimum Gasteiger partial charge on any atom is -0.398 e. The van der Waals surface area contributed by atoms with Crippen LogP contribution in [0.5, 0.6) is 0 Å². The first-order chi connectivity index (χ1) is 7.01. The lowest BCUT2D eigenvalue weighted by Crippen LogP contribution is -2.08. The van der Waals surface area contributed by atoms with Crippen LogP contribution < -0.4 is 5.73 Å². The van der Waals surface area contributed by atoms with Crippen LogP contribution in [0.25, 0.3) is 6.08 Å². The van der Waals surface area contributed by atoms with Gasteiger partial charge in [0.15, 0.2) is 9.84 Å². The third-order valence-corrected chi connectivity index (χ3v) is 4.07. The van der Waals surface area contributed by atoms with Crippen molar-refractivity contribution in [2.45, 2.75) is 18.2 Å². The third kappa shape index (κ3) is 2.59. The molecule has 0 bridgehead atoms. The number of sulfone groups is 1. The van der Waals surface area contributed by atoms with E-state index in [1.54, 1.807) is 18.2 Å². The van der Waals surface area contributed by atoms with E-state index < -0.39 is 9.84 Å². The van der Waals surface area contributed by atoms with Crippen molar-refractivity contribution in [3.05, 3.63) is 30.3 Å². The smallest absolute Gasteiger partial charge is 0.180 e. The standard InChI is InChI=1S/C11H15NO2S/c1-3-7-15(13,14)11-6-5-9(4-2)8-10(11)12/h4-6,8H,2-3,7,12H2,1H3. The van der Waals surface area contributed by atoms with Crippen molar-refractivity contribution in [2.75, 3.05) is 11.5 Å². The highest BCUT2D eigenvalue weighted by molar-refractivity contribution is 7.91. The Balaban J connectivity index is 3.22. The summed E-state index contributed by atoms with van der Waals surface area (Å²) in [6.07, 6.45) is 2.22. The predicted octanol–water partition coefficient (Wildman–Crippen LogP) is 2.10. The molecule has 3 nitrogen and oxygen atoms in total. The summed E-state index contributed by atoms with van der Waals surface area (Å²) >= 11 is 0. The molecule has 2 N–H and O–H groups in total. The van der Waals surface area contributed by atoms with Crippen LogP contribution in [-0.2, 0) is 9.84 Å². The summed E-state index contributed by atoms with van der Waals surface area (Å²) in [6.45, 7) is 5.42. The molecule has 0 aliphatic carbocycles. The van der Waals surface area contributed by atoms with Gasteiger partial charge in [0.25, 0.3) is 0 Å². The summed E-state index contributed by atoms with van der Waals surface area (Å²) in [5.41, 5.74) is 6.80. The number of rotatable bonds is 4. The van der Waals surface area contributed by atoms with Gasteiger partial charge < -0.3 is 5.73 Å². The second-order valence-electron chi connectivity index (χ2n) is 3.32. The van der Waals surface area contributed by atoms with Crippen LogP contribution in [0.15, 0.2) is 29.7 Å². The monoisotopic (exact) mass is 225 g/mol. The number of anilines is 1. The van der Waals surface area contributed by atoms with E-state index >= 15 is 0 Å². The normalized spacial score (nSPS) is 11.3. The molecule has 15 heavy (non-hydrogen) atoms. The topological polar surface area (TPSA) is 60.2 Å². The highest BCUT2D eigenvalue weighted by atomic mass is 32.2. The van der Waals surface area contributed by atoms with Crippen molar-refractivity contribution in [1.29, 1.82) is 0 Å². The van der Waals surface area contributed by atoms with E-state index in [1.807, 2.05) is 6.92 Å². The fraction of sp³-hybridized carbons (Fsp3) is 0.273. The maximum absolute atomic E-state index is 11.7. The quantitative estimate of drug-likeness (QED) is 0.798. The molecule has 0 atom stereocenters. The molecule has 0 spiro atoms. The Bertz CT molecular complexity index is 463. The highest BCUT2D eigenvalue weighted by Crippen LogP contribution is 2.21. The molecule has 1 aromatic carbocycles. The Hall–Kier alpha value is -1.29. The number of nitrogens with two attached hydrogens (primary N) is 1. The maximum Gasteiger partial charge on any atom is 0.180 e. The molecule has 0 amide bonds. The van der Waals surface area contributed by atoms with Crippen molar-refractivity contribution in [3.8, 4) is 0 Å². The Kier molecular flexibility index (Phi) is 3.52. The Labute approximate surface area is 90.5 Å². The minimum absolute atomic E-state index is 0.130. The van der Waals surface area contributed by atoms with Gasteiger partial charge in [0.1, 0.15) is 0 Å². The van der Waals surface area contributed by atoms with Crippen molar-refractivity contribution < 1.29 is 8.42 Å². The number of nitrogen functional groups attached to an aromatic ring is 1. The maximum atomic E-state index is 11.7. The van der Waals surface area contributed by atoms with E-state index in [1.165, 1.54) is 6.07 Å². The van der Waals surface area contributed by atoms with E-state index in [9.17, 15) is 8.42 Å². The van der Waals surface area contributed by atoms with Crippen LogP contribution >= 0.6 is 0 Å². The Morgan fingerprint density at radius 2 is 2.13 bits per heavy atom. The molecule has 0 aromatic heterocycles. The van der Waals surface area contributed by atoms with Crippen molar-refractivity contribution in [1.82, 2.24) is 0 Å². The van der Waals surface area contributed by atoms with Crippen LogP contribution in [-0.4, -0.2) is 14.2 Å². The lowest BCUT2D eigenvalue weighted by molar-refractivity contribution is 0.595. The van der Waals surface area contributed by atoms with Gasteiger partial charge in [-0.1, -0.05) is 25.6 Å². The summed E-state index contributed by atoms with van der Waals surface area (Å²) in [5, 5.41) is 0.